The summed E-state index contributed by atoms with van der Waals surface area (Å²) in [5.74, 6) is -0.148. The van der Waals surface area contributed by atoms with Gasteiger partial charge in [0.05, 0.1) is 11.3 Å². The smallest absolute Gasteiger partial charge is 0.254 e. The minimum atomic E-state index is -0.521. The highest BCUT2D eigenvalue weighted by Gasteiger charge is 2.20. The van der Waals surface area contributed by atoms with E-state index in [1.165, 1.54) is 12.1 Å². The molecular formula is C19H26FIN6O2. The fraction of sp³-hybridized carbons (Fsp3) is 0.421. The second-order valence-electron chi connectivity index (χ2n) is 6.46. The van der Waals surface area contributed by atoms with E-state index in [0.717, 1.165) is 44.4 Å². The van der Waals surface area contributed by atoms with Crippen molar-refractivity contribution < 1.29 is 13.7 Å². The molecule has 1 aliphatic rings. The largest absolute Gasteiger partial charge is 0.364 e. The highest BCUT2D eigenvalue weighted by Crippen LogP contribution is 2.07. The number of rotatable bonds is 6. The Kier molecular flexibility index (Phi) is 9.32. The fourth-order valence-corrected chi connectivity index (χ4v) is 3.09. The summed E-state index contributed by atoms with van der Waals surface area (Å²) in [4.78, 5) is 20.8. The zero-order chi connectivity index (χ0) is 19.8. The Morgan fingerprint density at radius 3 is 2.55 bits per heavy atom. The lowest BCUT2D eigenvalue weighted by Gasteiger charge is -2.36. The van der Waals surface area contributed by atoms with Gasteiger partial charge in [-0.05, 0) is 12.1 Å². The van der Waals surface area contributed by atoms with Crippen LogP contribution in [-0.4, -0.2) is 73.1 Å². The molecule has 1 saturated heterocycles. The van der Waals surface area contributed by atoms with Crippen molar-refractivity contribution in [1.29, 1.82) is 0 Å². The summed E-state index contributed by atoms with van der Waals surface area (Å²) < 4.78 is 18.5. The molecule has 29 heavy (non-hydrogen) atoms. The number of aromatic nitrogens is 1. The third kappa shape index (κ3) is 6.67. The Balaban J connectivity index is 0.00000300. The maximum atomic E-state index is 13.6. The second-order valence-corrected chi connectivity index (χ2v) is 6.46. The second kappa shape index (κ2) is 11.7. The van der Waals surface area contributed by atoms with E-state index in [9.17, 15) is 9.18 Å². The predicted molar refractivity (Wildman–Crippen MR) is 119 cm³/mol. The van der Waals surface area contributed by atoms with Crippen molar-refractivity contribution in [3.05, 3.63) is 53.7 Å². The van der Waals surface area contributed by atoms with Crippen LogP contribution in [0.1, 0.15) is 16.1 Å². The van der Waals surface area contributed by atoms with Crippen molar-refractivity contribution in [2.24, 2.45) is 4.99 Å². The minimum Gasteiger partial charge on any atom is -0.364 e. The number of benzene rings is 1. The molecule has 3 rings (SSSR count). The highest BCUT2D eigenvalue weighted by atomic mass is 127. The van der Waals surface area contributed by atoms with Gasteiger partial charge in [0.1, 0.15) is 12.1 Å². The van der Waals surface area contributed by atoms with Crippen molar-refractivity contribution >= 4 is 35.8 Å². The van der Waals surface area contributed by atoms with E-state index in [-0.39, 0.29) is 29.5 Å². The molecule has 1 aliphatic heterocycles. The van der Waals surface area contributed by atoms with Gasteiger partial charge in [-0.15, -0.1) is 24.0 Å². The zero-order valence-electron chi connectivity index (χ0n) is 16.3. The molecule has 0 bridgehead atoms. The van der Waals surface area contributed by atoms with E-state index in [2.05, 4.69) is 30.6 Å². The van der Waals surface area contributed by atoms with Gasteiger partial charge in [-0.25, -0.2) is 4.39 Å². The summed E-state index contributed by atoms with van der Waals surface area (Å²) >= 11 is 0. The number of hydrogen-bond donors (Lipinski definition) is 2. The molecule has 0 atom stereocenters. The predicted octanol–water partition coefficient (Wildman–Crippen LogP) is 1.55. The van der Waals surface area contributed by atoms with Gasteiger partial charge in [-0.2, -0.15) is 0 Å². The van der Waals surface area contributed by atoms with Gasteiger partial charge in [-0.3, -0.25) is 14.7 Å². The number of guanidine groups is 1. The first kappa shape index (κ1) is 23.1. The van der Waals surface area contributed by atoms with Gasteiger partial charge in [0.15, 0.2) is 5.96 Å². The molecule has 1 aromatic carbocycles. The zero-order valence-corrected chi connectivity index (χ0v) is 18.6. The number of piperazine rings is 1. The van der Waals surface area contributed by atoms with Crippen LogP contribution in [0.5, 0.6) is 0 Å². The lowest BCUT2D eigenvalue weighted by atomic mass is 10.2. The van der Waals surface area contributed by atoms with Gasteiger partial charge in [0, 0.05) is 58.9 Å². The summed E-state index contributed by atoms with van der Waals surface area (Å²) in [5.41, 5.74) is 0.983. The Bertz CT molecular complexity index is 794. The molecule has 0 spiro atoms. The van der Waals surface area contributed by atoms with Gasteiger partial charge in [0.2, 0.25) is 0 Å². The molecule has 158 valence electrons. The average molecular weight is 516 g/mol. The molecule has 1 aromatic heterocycles. The minimum absolute atomic E-state index is 0. The number of hydrogen-bond acceptors (Lipinski definition) is 5. The lowest BCUT2D eigenvalue weighted by molar-refractivity contribution is 0.0950. The van der Waals surface area contributed by atoms with Gasteiger partial charge >= 0.3 is 0 Å². The van der Waals surface area contributed by atoms with Gasteiger partial charge in [-0.1, -0.05) is 17.3 Å². The topological polar surface area (TPSA) is 86.0 Å². The van der Waals surface area contributed by atoms with Crippen LogP contribution in [0.3, 0.4) is 0 Å². The Hall–Kier alpha value is -2.21. The summed E-state index contributed by atoms with van der Waals surface area (Å²) in [6, 6.07) is 7.82. The van der Waals surface area contributed by atoms with E-state index in [4.69, 9.17) is 4.52 Å². The number of carbonyl (C=O) groups is 1. The van der Waals surface area contributed by atoms with Crippen LogP contribution in [-0.2, 0) is 6.54 Å². The molecule has 2 heterocycles. The summed E-state index contributed by atoms with van der Waals surface area (Å²) in [6.07, 6.45) is 1.59. The number of aliphatic imine (C=N–C) groups is 1. The van der Waals surface area contributed by atoms with Crippen LogP contribution in [0.2, 0.25) is 0 Å². The average Bonchev–Trinajstić information content (AvgIpc) is 3.22. The normalized spacial score (nSPS) is 15.0. The van der Waals surface area contributed by atoms with E-state index >= 15 is 0 Å². The SMILES string of the molecule is CN=C(NCCNC(=O)c1ccccc1F)N1CCN(Cc2ccon2)CC1.I. The fourth-order valence-electron chi connectivity index (χ4n) is 3.09. The van der Waals surface area contributed by atoms with E-state index in [1.54, 1.807) is 25.4 Å². The van der Waals surface area contributed by atoms with E-state index in [0.29, 0.717) is 13.1 Å². The standard InChI is InChI=1S/C19H25FN6O2.HI/c1-21-19(23-8-7-22-18(27)16-4-2-3-5-17(16)20)26-11-9-25(10-12-26)14-15-6-13-28-24-15;/h2-6,13H,7-12,14H2,1H3,(H,21,23)(H,22,27);1H. The molecule has 0 aliphatic carbocycles. The number of nitrogens with one attached hydrogen (secondary N) is 2. The number of halogens is 2. The molecule has 8 nitrogen and oxygen atoms in total. The van der Waals surface area contributed by atoms with Gasteiger partial charge < -0.3 is 20.1 Å². The van der Waals surface area contributed by atoms with Crippen LogP contribution < -0.4 is 10.6 Å². The third-order valence-corrected chi connectivity index (χ3v) is 4.57. The third-order valence-electron chi connectivity index (χ3n) is 4.57. The first-order valence-corrected chi connectivity index (χ1v) is 9.27. The van der Waals surface area contributed by atoms with Crippen LogP contribution in [0, 0.1) is 5.82 Å². The number of nitrogens with zero attached hydrogens (tertiary/aromatic N) is 4. The van der Waals surface area contributed by atoms with Crippen molar-refractivity contribution in [2.45, 2.75) is 6.54 Å². The molecule has 0 radical (unpaired) electrons. The van der Waals surface area contributed by atoms with Crippen LogP contribution >= 0.6 is 24.0 Å². The lowest BCUT2D eigenvalue weighted by Crippen LogP contribution is -2.53. The van der Waals surface area contributed by atoms with E-state index in [1.807, 2.05) is 6.07 Å². The monoisotopic (exact) mass is 516 g/mol. The molecule has 2 aromatic rings. The quantitative estimate of drug-likeness (QED) is 0.263. The molecule has 0 saturated carbocycles. The van der Waals surface area contributed by atoms with Crippen molar-refractivity contribution in [3.63, 3.8) is 0 Å². The van der Waals surface area contributed by atoms with Crippen LogP contribution in [0.15, 0.2) is 46.1 Å². The Morgan fingerprint density at radius 1 is 1.17 bits per heavy atom. The Labute approximate surface area is 186 Å². The first-order chi connectivity index (χ1) is 13.7. The van der Waals surface area contributed by atoms with Crippen molar-refractivity contribution in [3.8, 4) is 0 Å². The highest BCUT2D eigenvalue weighted by molar-refractivity contribution is 14.0. The Morgan fingerprint density at radius 2 is 1.90 bits per heavy atom. The van der Waals surface area contributed by atoms with Crippen molar-refractivity contribution in [1.82, 2.24) is 25.6 Å². The molecule has 1 amide bonds. The molecule has 2 N–H and O–H groups in total. The maximum absolute atomic E-state index is 13.6. The maximum Gasteiger partial charge on any atom is 0.254 e. The van der Waals surface area contributed by atoms with Crippen molar-refractivity contribution in [2.75, 3.05) is 46.3 Å². The number of carbonyl (C=O) groups excluding carboxylic acids is 1. The summed E-state index contributed by atoms with van der Waals surface area (Å²) in [6.45, 7) is 5.15. The summed E-state index contributed by atoms with van der Waals surface area (Å²) in [7, 11) is 1.74. The summed E-state index contributed by atoms with van der Waals surface area (Å²) in [5, 5.41) is 9.91. The molecule has 0 unspecified atom stereocenters. The van der Waals surface area contributed by atoms with Crippen LogP contribution in [0.25, 0.3) is 0 Å². The molecule has 10 heteroatoms. The first-order valence-electron chi connectivity index (χ1n) is 9.27. The molecule has 1 fully saturated rings. The van der Waals surface area contributed by atoms with Crippen LogP contribution in [0.4, 0.5) is 4.39 Å². The molecular weight excluding hydrogens is 490 g/mol. The van der Waals surface area contributed by atoms with Gasteiger partial charge in [0.25, 0.3) is 5.91 Å². The van der Waals surface area contributed by atoms with E-state index < -0.39 is 11.7 Å². The number of amides is 1.